The summed E-state index contributed by atoms with van der Waals surface area (Å²) in [7, 11) is -1.76. The first-order chi connectivity index (χ1) is 35.1. The predicted molar refractivity (Wildman–Crippen MR) is 282 cm³/mol. The van der Waals surface area contributed by atoms with E-state index < -0.39 is 31.9 Å². The minimum Gasteiger partial charge on any atom is -0.453 e. The second-order valence-corrected chi connectivity index (χ2v) is 22.6. The number of imidazole rings is 2. The van der Waals surface area contributed by atoms with Gasteiger partial charge in [-0.05, 0) is 94.5 Å². The van der Waals surface area contributed by atoms with Gasteiger partial charge in [0.15, 0.2) is 0 Å². The molecule has 3 aromatic heterocycles. The fourth-order valence-electron chi connectivity index (χ4n) is 10.2. The lowest BCUT2D eigenvalue weighted by Crippen LogP contribution is -2.51. The molecule has 0 aliphatic carbocycles. The molecule has 392 valence electrons. The molecule has 0 saturated carbocycles. The average molecular weight is 1030 g/mol. The molecule has 4 amide bonds. The first-order valence-electron chi connectivity index (χ1n) is 25.2. The summed E-state index contributed by atoms with van der Waals surface area (Å²) in [5.74, 6) is 0.676. The maximum absolute atomic E-state index is 13.8. The lowest BCUT2D eigenvalue weighted by Gasteiger charge is -2.30. The molecular formula is C55H68N9O9P. The van der Waals surface area contributed by atoms with Gasteiger partial charge in [0.2, 0.25) is 11.8 Å². The van der Waals surface area contributed by atoms with Gasteiger partial charge in [-0.25, -0.2) is 19.6 Å². The van der Waals surface area contributed by atoms with Gasteiger partial charge in [-0.15, -0.1) is 0 Å². The molecule has 3 aromatic carbocycles. The Labute approximate surface area is 431 Å². The summed E-state index contributed by atoms with van der Waals surface area (Å²) in [6, 6.07) is 23.9. The molecule has 6 aromatic rings. The van der Waals surface area contributed by atoms with E-state index in [0.717, 1.165) is 82.0 Å². The average Bonchev–Trinajstić information content (AvgIpc) is 4.23. The molecule has 0 radical (unpaired) electrons. The van der Waals surface area contributed by atoms with Crippen LogP contribution in [0, 0.1) is 11.8 Å². The Morgan fingerprint density at radius 3 is 1.53 bits per heavy atom. The number of likely N-dealkylation sites (tertiary alicyclic amines) is 2. The molecule has 0 spiro atoms. The third-order valence-corrected chi connectivity index (χ3v) is 14.8. The van der Waals surface area contributed by atoms with Crippen molar-refractivity contribution in [3.8, 4) is 50.7 Å². The molecule has 4 atom stereocenters. The Morgan fingerprint density at radius 2 is 1.12 bits per heavy atom. The minimum absolute atomic E-state index is 0.153. The van der Waals surface area contributed by atoms with E-state index >= 15 is 0 Å². The summed E-state index contributed by atoms with van der Waals surface area (Å²) in [5.41, 5.74) is 9.17. The Hall–Kier alpha value is -7.01. The van der Waals surface area contributed by atoms with E-state index in [0.29, 0.717) is 30.3 Å². The van der Waals surface area contributed by atoms with Crippen molar-refractivity contribution in [1.29, 1.82) is 0 Å². The van der Waals surface area contributed by atoms with Gasteiger partial charge < -0.3 is 54.2 Å². The molecule has 2 aliphatic heterocycles. The predicted octanol–water partition coefficient (Wildman–Crippen LogP) is 9.65. The fourth-order valence-corrected chi connectivity index (χ4v) is 10.8. The van der Waals surface area contributed by atoms with Crippen LogP contribution in [-0.2, 0) is 35.2 Å². The number of aromatic amines is 2. The molecule has 74 heavy (non-hydrogen) atoms. The van der Waals surface area contributed by atoms with Gasteiger partial charge in [-0.2, -0.15) is 0 Å². The SMILES string of the molecule is COC(=O)N[C@H](C(=O)N1CCC[C@H]1c1ncc(-c2ccc(-c3cc(C(C)(C)C)c(-c4ccc(-c5cnc([C@@H]6CCCN6C(=O)[C@@H](NC(=O)OC)C(C)C)[nH]5)cc4)n3-c3ccc(CP(=O)(O)O)cc3)cc2)[nH]1)C(C)C. The molecule has 0 bridgehead atoms. The number of nitrogens with one attached hydrogen (secondary N) is 4. The van der Waals surface area contributed by atoms with Crippen molar-refractivity contribution in [3.05, 3.63) is 114 Å². The van der Waals surface area contributed by atoms with Crippen molar-refractivity contribution in [3.63, 3.8) is 0 Å². The highest BCUT2D eigenvalue weighted by Crippen LogP contribution is 2.44. The number of ether oxygens (including phenoxy) is 2. The normalized spacial score (nSPS) is 16.9. The molecule has 5 heterocycles. The van der Waals surface area contributed by atoms with Gasteiger partial charge in [0.05, 0.1) is 67.6 Å². The quantitative estimate of drug-likeness (QED) is 0.0530. The smallest absolute Gasteiger partial charge is 0.407 e. The molecule has 0 unspecified atom stereocenters. The molecule has 2 aliphatic rings. The van der Waals surface area contributed by atoms with Gasteiger partial charge in [0.1, 0.15) is 23.7 Å². The molecule has 19 heteroatoms. The fraction of sp³-hybridized carbons (Fsp3) is 0.418. The number of aromatic nitrogens is 5. The van der Waals surface area contributed by atoms with Crippen LogP contribution in [-0.4, -0.2) is 107 Å². The number of hydrogen-bond donors (Lipinski definition) is 6. The summed E-state index contributed by atoms with van der Waals surface area (Å²) < 4.78 is 23.8. The summed E-state index contributed by atoms with van der Waals surface area (Å²) >= 11 is 0. The number of hydrogen-bond acceptors (Lipinski definition) is 9. The van der Waals surface area contributed by atoms with Crippen LogP contribution in [0.25, 0.3) is 50.7 Å². The molecule has 6 N–H and O–H groups in total. The minimum atomic E-state index is -4.31. The highest BCUT2D eigenvalue weighted by atomic mass is 31.2. The number of methoxy groups -OCH3 is 2. The zero-order chi connectivity index (χ0) is 53.2. The van der Waals surface area contributed by atoms with Crippen LogP contribution in [0.3, 0.4) is 0 Å². The van der Waals surface area contributed by atoms with Crippen LogP contribution in [0.4, 0.5) is 9.59 Å². The summed E-state index contributed by atoms with van der Waals surface area (Å²) in [6.07, 6.45) is 4.93. The van der Waals surface area contributed by atoms with E-state index in [1.807, 2.05) is 64.1 Å². The Morgan fingerprint density at radius 1 is 0.689 bits per heavy atom. The van der Waals surface area contributed by atoms with Crippen molar-refractivity contribution in [1.82, 2.24) is 44.9 Å². The zero-order valence-corrected chi connectivity index (χ0v) is 44.4. The lowest BCUT2D eigenvalue weighted by molar-refractivity contribution is -0.136. The third-order valence-electron chi connectivity index (χ3n) is 14.0. The Kier molecular flexibility index (Phi) is 15.7. The number of nitrogens with zero attached hydrogens (tertiary/aromatic N) is 5. The lowest BCUT2D eigenvalue weighted by atomic mass is 9.85. The highest BCUT2D eigenvalue weighted by Gasteiger charge is 2.39. The Bertz CT molecular complexity index is 3020. The van der Waals surface area contributed by atoms with Crippen LogP contribution in [0.5, 0.6) is 0 Å². The van der Waals surface area contributed by atoms with Crippen LogP contribution in [0.2, 0.25) is 0 Å². The topological polar surface area (TPSA) is 237 Å². The van der Waals surface area contributed by atoms with Crippen LogP contribution in [0.15, 0.2) is 91.3 Å². The monoisotopic (exact) mass is 1030 g/mol. The second-order valence-electron chi connectivity index (χ2n) is 21.0. The van der Waals surface area contributed by atoms with Crippen molar-refractivity contribution >= 4 is 31.6 Å². The first kappa shape index (κ1) is 53.3. The number of amides is 4. The molecule has 2 fully saturated rings. The van der Waals surface area contributed by atoms with Gasteiger partial charge in [0.25, 0.3) is 0 Å². The van der Waals surface area contributed by atoms with Crippen LogP contribution in [0.1, 0.15) is 109 Å². The standard InChI is InChI=1S/C55H68N9O9P/c1-32(2)46(60-53(67)72-8)51(65)62-26-10-12-43(62)49-56-29-41(58-49)35-16-20-37(21-17-35)45-28-40(55(5,6)7)48(64(45)39-24-14-34(15-25-39)31-74(69,70)71)38-22-18-36(19-23-38)42-30-57-50(59-42)44-13-11-27-63(44)52(66)47(33(3)4)61-54(68)73-9/h14-25,28-30,32-33,43-44,46-47H,10-13,26-27,31H2,1-9H3,(H,56,58)(H,57,59)(H,60,67)(H,61,68)(H2,69,70,71)/t43-,44-,46-,47-/m0/s1. The summed E-state index contributed by atoms with van der Waals surface area (Å²) in [6.45, 7) is 15.2. The number of alkyl carbamates (subject to hydrolysis) is 2. The summed E-state index contributed by atoms with van der Waals surface area (Å²) in [4.78, 5) is 91.6. The van der Waals surface area contributed by atoms with Crippen LogP contribution < -0.4 is 10.6 Å². The maximum atomic E-state index is 13.8. The van der Waals surface area contributed by atoms with Gasteiger partial charge in [-0.1, -0.05) is 109 Å². The van der Waals surface area contributed by atoms with Crippen LogP contribution >= 0.6 is 7.60 Å². The maximum Gasteiger partial charge on any atom is 0.407 e. The number of rotatable bonds is 15. The summed E-state index contributed by atoms with van der Waals surface area (Å²) in [5, 5.41) is 5.41. The van der Waals surface area contributed by atoms with E-state index in [2.05, 4.69) is 76.3 Å². The van der Waals surface area contributed by atoms with Gasteiger partial charge >= 0.3 is 19.8 Å². The first-order valence-corrected chi connectivity index (χ1v) is 27.0. The van der Waals surface area contributed by atoms with E-state index in [9.17, 15) is 33.5 Å². The zero-order valence-electron chi connectivity index (χ0n) is 43.5. The molecule has 2 saturated heterocycles. The number of benzene rings is 3. The van der Waals surface area contributed by atoms with Crippen molar-refractivity contribution in [2.24, 2.45) is 11.8 Å². The van der Waals surface area contributed by atoms with Crippen molar-refractivity contribution in [2.45, 2.75) is 110 Å². The molecular weight excluding hydrogens is 962 g/mol. The van der Waals surface area contributed by atoms with Gasteiger partial charge in [0, 0.05) is 18.8 Å². The van der Waals surface area contributed by atoms with E-state index in [-0.39, 0.29) is 47.3 Å². The highest BCUT2D eigenvalue weighted by molar-refractivity contribution is 7.50. The van der Waals surface area contributed by atoms with Crippen molar-refractivity contribution in [2.75, 3.05) is 27.3 Å². The molecule has 18 nitrogen and oxygen atoms in total. The Balaban J connectivity index is 1.11. The van der Waals surface area contributed by atoms with E-state index in [4.69, 9.17) is 19.4 Å². The van der Waals surface area contributed by atoms with Gasteiger partial charge in [-0.3, -0.25) is 14.2 Å². The number of carbonyl (C=O) groups excluding carboxylic acids is 4. The largest absolute Gasteiger partial charge is 0.453 e. The second kappa shape index (κ2) is 21.8. The van der Waals surface area contributed by atoms with E-state index in [1.54, 1.807) is 34.3 Å². The molecule has 8 rings (SSSR count). The van der Waals surface area contributed by atoms with E-state index in [1.165, 1.54) is 14.2 Å². The third kappa shape index (κ3) is 11.5. The van der Waals surface area contributed by atoms with Crippen molar-refractivity contribution < 1.29 is 43.0 Å². The number of H-pyrrole nitrogens is 2. The number of carbonyl (C=O) groups is 4.